The van der Waals surface area contributed by atoms with Gasteiger partial charge in [-0.2, -0.15) is 0 Å². The Bertz CT molecular complexity index is 376. The first-order valence-electron chi connectivity index (χ1n) is 6.10. The summed E-state index contributed by atoms with van der Waals surface area (Å²) in [6, 6.07) is 9.69. The van der Waals surface area contributed by atoms with E-state index in [-0.39, 0.29) is 0 Å². The molecule has 0 amide bonds. The highest BCUT2D eigenvalue weighted by molar-refractivity contribution is 5.79. The lowest BCUT2D eigenvalue weighted by Crippen LogP contribution is -2.43. The minimum absolute atomic E-state index is 0.334. The lowest BCUT2D eigenvalue weighted by Gasteiger charge is -2.33. The molecule has 1 aromatic rings. The summed E-state index contributed by atoms with van der Waals surface area (Å²) in [5.41, 5.74) is 0.0821. The zero-order valence-corrected chi connectivity index (χ0v) is 10.2. The Hall–Kier alpha value is -1.19. The second kappa shape index (κ2) is 4.98. The number of benzene rings is 1. The lowest BCUT2D eigenvalue weighted by molar-refractivity contribution is -0.122. The predicted octanol–water partition coefficient (Wildman–Crippen LogP) is 1.56. The third kappa shape index (κ3) is 3.14. The topological polar surface area (TPSA) is 40.5 Å². The van der Waals surface area contributed by atoms with Crippen LogP contribution in [0.1, 0.15) is 25.3 Å². The first-order valence-corrected chi connectivity index (χ1v) is 6.10. The van der Waals surface area contributed by atoms with Crippen molar-refractivity contribution in [3.05, 3.63) is 35.9 Å². The number of rotatable bonds is 3. The minimum atomic E-state index is -0.846. The fourth-order valence-electron chi connectivity index (χ4n) is 2.28. The normalized spacial score (nSPS) is 21.2. The Morgan fingerprint density at radius 2 is 1.82 bits per heavy atom. The van der Waals surface area contributed by atoms with E-state index < -0.39 is 5.60 Å². The van der Waals surface area contributed by atoms with Crippen LogP contribution in [0.25, 0.3) is 0 Å². The zero-order valence-electron chi connectivity index (χ0n) is 10.2. The van der Waals surface area contributed by atoms with Crippen LogP contribution in [0.2, 0.25) is 0 Å². The summed E-state index contributed by atoms with van der Waals surface area (Å²) in [5, 5.41) is 10.5. The van der Waals surface area contributed by atoms with Gasteiger partial charge < -0.3 is 5.11 Å². The largest absolute Gasteiger partial charge is 0.384 e. The smallest absolute Gasteiger partial charge is 0.135 e. The first kappa shape index (κ1) is 12.3. The van der Waals surface area contributed by atoms with Gasteiger partial charge in [0.1, 0.15) is 5.78 Å². The van der Waals surface area contributed by atoms with Gasteiger partial charge in [-0.25, -0.2) is 0 Å². The number of carbonyl (C=O) groups is 1. The molecule has 1 aliphatic heterocycles. The molecule has 0 bridgehead atoms. The summed E-state index contributed by atoms with van der Waals surface area (Å²) in [4.78, 5) is 13.3. The zero-order chi connectivity index (χ0) is 12.3. The monoisotopic (exact) mass is 233 g/mol. The quantitative estimate of drug-likeness (QED) is 0.861. The van der Waals surface area contributed by atoms with Crippen molar-refractivity contribution in [3.8, 4) is 0 Å². The van der Waals surface area contributed by atoms with Crippen molar-refractivity contribution >= 4 is 5.78 Å². The molecular formula is C14H19NO2. The fraction of sp³-hybridized carbons (Fsp3) is 0.500. The third-order valence-corrected chi connectivity index (χ3v) is 3.34. The van der Waals surface area contributed by atoms with Crippen LogP contribution in [0.3, 0.4) is 0 Å². The number of nitrogens with zero attached hydrogens (tertiary/aromatic N) is 1. The van der Waals surface area contributed by atoms with Gasteiger partial charge in [0.25, 0.3) is 0 Å². The molecule has 0 spiro atoms. The number of piperidine rings is 1. The van der Waals surface area contributed by atoms with Crippen molar-refractivity contribution in [2.75, 3.05) is 19.6 Å². The molecule has 1 fully saturated rings. The number of carbonyl (C=O) groups excluding carboxylic acids is 1. The second-order valence-corrected chi connectivity index (χ2v) is 4.95. The van der Waals surface area contributed by atoms with E-state index in [0.717, 1.165) is 18.7 Å². The first-order chi connectivity index (χ1) is 8.08. The van der Waals surface area contributed by atoms with Gasteiger partial charge in [-0.3, -0.25) is 9.69 Å². The van der Waals surface area contributed by atoms with Crippen LogP contribution < -0.4 is 0 Å². The van der Waals surface area contributed by atoms with Crippen molar-refractivity contribution in [1.82, 2.24) is 4.90 Å². The lowest BCUT2D eigenvalue weighted by atomic mass is 9.94. The summed E-state index contributed by atoms with van der Waals surface area (Å²) in [6.07, 6.45) is 1.23. The summed E-state index contributed by atoms with van der Waals surface area (Å²) in [6.45, 7) is 3.95. The standard InChI is InChI=1S/C14H19NO2/c1-14(17,12-5-3-2-4-6-12)11-15-9-7-13(16)8-10-15/h2-6,17H,7-11H2,1H3. The molecule has 1 saturated heterocycles. The van der Waals surface area contributed by atoms with Gasteiger partial charge in [-0.05, 0) is 12.5 Å². The van der Waals surface area contributed by atoms with E-state index in [1.807, 2.05) is 37.3 Å². The molecule has 1 aromatic carbocycles. The van der Waals surface area contributed by atoms with E-state index in [1.165, 1.54) is 0 Å². The summed E-state index contributed by atoms with van der Waals surface area (Å²) >= 11 is 0. The molecule has 3 heteroatoms. The molecule has 0 aliphatic carbocycles. The van der Waals surface area contributed by atoms with Gasteiger partial charge in [0.2, 0.25) is 0 Å². The van der Waals surface area contributed by atoms with Crippen molar-refractivity contribution in [1.29, 1.82) is 0 Å². The Kier molecular flexibility index (Phi) is 3.60. The highest BCUT2D eigenvalue weighted by atomic mass is 16.3. The molecule has 3 nitrogen and oxygen atoms in total. The molecule has 92 valence electrons. The highest BCUT2D eigenvalue weighted by Gasteiger charge is 2.27. The molecule has 1 N–H and O–H groups in total. The maximum atomic E-state index is 11.2. The molecule has 1 unspecified atom stereocenters. The van der Waals surface area contributed by atoms with Crippen LogP contribution in [0.4, 0.5) is 0 Å². The molecule has 1 heterocycles. The molecule has 1 aliphatic rings. The van der Waals surface area contributed by atoms with E-state index in [0.29, 0.717) is 25.2 Å². The van der Waals surface area contributed by atoms with E-state index in [1.54, 1.807) is 0 Å². The Labute approximate surface area is 102 Å². The Morgan fingerprint density at radius 1 is 1.24 bits per heavy atom. The van der Waals surface area contributed by atoms with Crippen molar-refractivity contribution in [2.45, 2.75) is 25.4 Å². The maximum Gasteiger partial charge on any atom is 0.135 e. The van der Waals surface area contributed by atoms with Crippen LogP contribution >= 0.6 is 0 Å². The minimum Gasteiger partial charge on any atom is -0.384 e. The highest BCUT2D eigenvalue weighted by Crippen LogP contribution is 2.22. The Balaban J connectivity index is 2.00. The van der Waals surface area contributed by atoms with E-state index >= 15 is 0 Å². The van der Waals surface area contributed by atoms with Crippen LogP contribution in [0, 0.1) is 0 Å². The van der Waals surface area contributed by atoms with Gasteiger partial charge in [0.15, 0.2) is 0 Å². The molecule has 1 atom stereocenters. The number of likely N-dealkylation sites (tertiary alicyclic amines) is 1. The van der Waals surface area contributed by atoms with Gasteiger partial charge in [-0.1, -0.05) is 30.3 Å². The second-order valence-electron chi connectivity index (χ2n) is 4.95. The van der Waals surface area contributed by atoms with Gasteiger partial charge in [-0.15, -0.1) is 0 Å². The van der Waals surface area contributed by atoms with Crippen LogP contribution in [0.15, 0.2) is 30.3 Å². The maximum absolute atomic E-state index is 11.2. The van der Waals surface area contributed by atoms with Gasteiger partial charge >= 0.3 is 0 Å². The number of β-amino-alcohol motifs (C(OH)–C–C–N with tert-alkyl or cyclic N) is 1. The SMILES string of the molecule is CC(O)(CN1CCC(=O)CC1)c1ccccc1. The summed E-state index contributed by atoms with van der Waals surface area (Å²) in [7, 11) is 0. The van der Waals surface area contributed by atoms with Crippen LogP contribution in [0.5, 0.6) is 0 Å². The van der Waals surface area contributed by atoms with E-state index in [4.69, 9.17) is 0 Å². The molecular weight excluding hydrogens is 214 g/mol. The van der Waals surface area contributed by atoms with Crippen molar-refractivity contribution in [3.63, 3.8) is 0 Å². The van der Waals surface area contributed by atoms with E-state index in [9.17, 15) is 9.90 Å². The summed E-state index contributed by atoms with van der Waals surface area (Å²) < 4.78 is 0. The molecule has 0 saturated carbocycles. The molecule has 0 aromatic heterocycles. The molecule has 17 heavy (non-hydrogen) atoms. The Morgan fingerprint density at radius 3 is 2.41 bits per heavy atom. The number of hydrogen-bond acceptors (Lipinski definition) is 3. The van der Waals surface area contributed by atoms with Gasteiger partial charge in [0.05, 0.1) is 5.60 Å². The number of aliphatic hydroxyl groups is 1. The average molecular weight is 233 g/mol. The van der Waals surface area contributed by atoms with Crippen LogP contribution in [-0.2, 0) is 10.4 Å². The third-order valence-electron chi connectivity index (χ3n) is 3.34. The fourth-order valence-corrected chi connectivity index (χ4v) is 2.28. The van der Waals surface area contributed by atoms with Crippen molar-refractivity contribution < 1.29 is 9.90 Å². The van der Waals surface area contributed by atoms with Crippen LogP contribution in [-0.4, -0.2) is 35.4 Å². The molecule has 0 radical (unpaired) electrons. The number of Topliss-reactive ketones (excluding diaryl/α,β-unsaturated/α-hetero) is 1. The number of ketones is 1. The van der Waals surface area contributed by atoms with Crippen molar-refractivity contribution in [2.24, 2.45) is 0 Å². The van der Waals surface area contributed by atoms with E-state index in [2.05, 4.69) is 4.90 Å². The van der Waals surface area contributed by atoms with Gasteiger partial charge in [0, 0.05) is 32.5 Å². The predicted molar refractivity (Wildman–Crippen MR) is 66.7 cm³/mol. The number of hydrogen-bond donors (Lipinski definition) is 1. The average Bonchev–Trinajstić information content (AvgIpc) is 2.33. The molecule has 2 rings (SSSR count). The summed E-state index contributed by atoms with van der Waals surface area (Å²) in [5.74, 6) is 0.334.